The van der Waals surface area contributed by atoms with Gasteiger partial charge in [-0.25, -0.2) is 0 Å². The number of carbonyl (C=O) groups is 1. The van der Waals surface area contributed by atoms with Gasteiger partial charge in [-0.3, -0.25) is 9.69 Å². The molecule has 1 saturated heterocycles. The number of hydrogen-bond acceptors (Lipinski definition) is 2. The minimum absolute atomic E-state index is 0.0203. The predicted molar refractivity (Wildman–Crippen MR) is 94.2 cm³/mol. The molecule has 1 amide bonds. The van der Waals surface area contributed by atoms with Gasteiger partial charge in [0.25, 0.3) is 0 Å². The molecule has 0 bridgehead atoms. The van der Waals surface area contributed by atoms with Gasteiger partial charge in [0.15, 0.2) is 0 Å². The molecule has 1 aliphatic heterocycles. The molecular formula is C18H19ClF3N3O. The van der Waals surface area contributed by atoms with E-state index in [1.165, 1.54) is 24.3 Å². The Morgan fingerprint density at radius 1 is 1.27 bits per heavy atom. The topological polar surface area (TPSA) is 39.3 Å². The summed E-state index contributed by atoms with van der Waals surface area (Å²) in [5.41, 5.74) is 1.16. The Balaban J connectivity index is 1.77. The highest BCUT2D eigenvalue weighted by Gasteiger charge is 2.36. The molecule has 140 valence electrons. The molecule has 1 aliphatic rings. The van der Waals surface area contributed by atoms with Gasteiger partial charge in [-0.2, -0.15) is 13.2 Å². The van der Waals surface area contributed by atoms with E-state index >= 15 is 0 Å². The van der Waals surface area contributed by atoms with E-state index in [2.05, 4.69) is 4.98 Å². The normalized spacial score (nSPS) is 18.2. The fourth-order valence-electron chi connectivity index (χ4n) is 3.30. The van der Waals surface area contributed by atoms with Crippen molar-refractivity contribution in [1.29, 1.82) is 0 Å². The summed E-state index contributed by atoms with van der Waals surface area (Å²) in [4.78, 5) is 18.5. The largest absolute Gasteiger partial charge is 0.406 e. The first kappa shape index (κ1) is 18.8. The smallest absolute Gasteiger partial charge is 0.364 e. The third-order valence-corrected chi connectivity index (χ3v) is 4.71. The summed E-state index contributed by atoms with van der Waals surface area (Å²) in [6, 6.07) is 9.64. The zero-order chi connectivity index (χ0) is 18.7. The van der Waals surface area contributed by atoms with Gasteiger partial charge in [-0.05, 0) is 55.8 Å². The Hall–Kier alpha value is -1.99. The van der Waals surface area contributed by atoms with Gasteiger partial charge >= 0.3 is 6.18 Å². The highest BCUT2D eigenvalue weighted by Crippen LogP contribution is 2.31. The number of H-pyrrole nitrogens is 1. The van der Waals surface area contributed by atoms with Crippen molar-refractivity contribution in [2.45, 2.75) is 25.1 Å². The number of nitrogens with one attached hydrogen (secondary N) is 1. The highest BCUT2D eigenvalue weighted by molar-refractivity contribution is 6.30. The van der Waals surface area contributed by atoms with E-state index < -0.39 is 18.6 Å². The van der Waals surface area contributed by atoms with E-state index in [4.69, 9.17) is 11.6 Å². The molecular weight excluding hydrogens is 367 g/mol. The Bertz CT molecular complexity index is 731. The second kappa shape index (κ2) is 7.72. The highest BCUT2D eigenvalue weighted by atomic mass is 35.5. The lowest BCUT2D eigenvalue weighted by atomic mass is 10.1. The van der Waals surface area contributed by atoms with Crippen LogP contribution in [0.3, 0.4) is 0 Å². The van der Waals surface area contributed by atoms with Crippen LogP contribution in [-0.2, 0) is 4.79 Å². The number of halogens is 4. The molecule has 0 spiro atoms. The number of alkyl halides is 3. The van der Waals surface area contributed by atoms with E-state index in [1.807, 2.05) is 17.0 Å². The van der Waals surface area contributed by atoms with Crippen LogP contribution in [0.25, 0.3) is 0 Å². The molecule has 3 rings (SSSR count). The van der Waals surface area contributed by atoms with Gasteiger partial charge in [0.05, 0.1) is 12.6 Å². The number of rotatable bonds is 5. The van der Waals surface area contributed by atoms with Crippen LogP contribution < -0.4 is 4.90 Å². The number of nitrogens with zero attached hydrogens (tertiary/aromatic N) is 2. The molecule has 2 aromatic rings. The van der Waals surface area contributed by atoms with Crippen LogP contribution in [0.15, 0.2) is 42.6 Å². The molecule has 1 fully saturated rings. The van der Waals surface area contributed by atoms with Crippen molar-refractivity contribution >= 4 is 23.2 Å². The molecule has 1 aromatic heterocycles. The van der Waals surface area contributed by atoms with Crippen molar-refractivity contribution in [3.63, 3.8) is 0 Å². The van der Waals surface area contributed by atoms with Crippen LogP contribution in [0.2, 0.25) is 5.02 Å². The maximum absolute atomic E-state index is 13.0. The van der Waals surface area contributed by atoms with Gasteiger partial charge in [-0.15, -0.1) is 0 Å². The molecule has 0 aliphatic carbocycles. The minimum Gasteiger partial charge on any atom is -0.364 e. The summed E-state index contributed by atoms with van der Waals surface area (Å²) in [6.45, 7) is -0.716. The summed E-state index contributed by atoms with van der Waals surface area (Å²) < 4.78 is 39.0. The van der Waals surface area contributed by atoms with E-state index in [1.54, 1.807) is 6.20 Å². The third kappa shape index (κ3) is 4.59. The van der Waals surface area contributed by atoms with Gasteiger partial charge < -0.3 is 9.88 Å². The molecule has 2 heterocycles. The SMILES string of the molecule is O=C(CN1CCCC1c1ccc[nH]1)N(CC(F)(F)F)c1ccc(Cl)cc1. The van der Waals surface area contributed by atoms with Crippen molar-refractivity contribution in [3.8, 4) is 0 Å². The maximum atomic E-state index is 13.0. The second-order valence-electron chi connectivity index (χ2n) is 6.33. The summed E-state index contributed by atoms with van der Waals surface area (Å²) in [7, 11) is 0. The molecule has 8 heteroatoms. The fourth-order valence-corrected chi connectivity index (χ4v) is 3.43. The summed E-state index contributed by atoms with van der Waals surface area (Å²) in [5.74, 6) is -0.580. The monoisotopic (exact) mass is 385 g/mol. The third-order valence-electron chi connectivity index (χ3n) is 4.46. The lowest BCUT2D eigenvalue weighted by Gasteiger charge is -2.29. The molecule has 1 atom stereocenters. The van der Waals surface area contributed by atoms with Crippen LogP contribution in [-0.4, -0.2) is 41.6 Å². The van der Waals surface area contributed by atoms with Crippen LogP contribution in [0.5, 0.6) is 0 Å². The number of likely N-dealkylation sites (tertiary alicyclic amines) is 1. The van der Waals surface area contributed by atoms with E-state index in [0.29, 0.717) is 11.6 Å². The molecule has 0 saturated carbocycles. The summed E-state index contributed by atoms with van der Waals surface area (Å²) >= 11 is 5.81. The first-order valence-corrected chi connectivity index (χ1v) is 8.71. The number of carbonyl (C=O) groups excluding carboxylic acids is 1. The van der Waals surface area contributed by atoms with Crippen molar-refractivity contribution in [2.75, 3.05) is 24.5 Å². The van der Waals surface area contributed by atoms with E-state index in [9.17, 15) is 18.0 Å². The summed E-state index contributed by atoms with van der Waals surface area (Å²) in [6.07, 6.45) is -0.915. The Kier molecular flexibility index (Phi) is 5.58. The second-order valence-corrected chi connectivity index (χ2v) is 6.76. The van der Waals surface area contributed by atoms with Gasteiger partial charge in [0.1, 0.15) is 6.54 Å². The first-order valence-electron chi connectivity index (χ1n) is 8.33. The van der Waals surface area contributed by atoms with Gasteiger partial charge in [0, 0.05) is 22.6 Å². The van der Waals surface area contributed by atoms with Crippen LogP contribution in [0.4, 0.5) is 18.9 Å². The molecule has 1 N–H and O–H groups in total. The fraction of sp³-hybridized carbons (Fsp3) is 0.389. The lowest BCUT2D eigenvalue weighted by Crippen LogP contribution is -2.44. The number of aromatic amines is 1. The number of aromatic nitrogens is 1. The van der Waals surface area contributed by atoms with Crippen molar-refractivity contribution in [2.24, 2.45) is 0 Å². The Morgan fingerprint density at radius 3 is 2.62 bits per heavy atom. The number of amides is 1. The molecule has 1 aromatic carbocycles. The lowest BCUT2D eigenvalue weighted by molar-refractivity contribution is -0.133. The average Bonchev–Trinajstić information content (AvgIpc) is 3.23. The molecule has 1 unspecified atom stereocenters. The summed E-state index contributed by atoms with van der Waals surface area (Å²) in [5, 5.41) is 0.402. The standard InChI is InChI=1S/C18H19ClF3N3O/c19-13-5-7-14(8-6-13)25(12-18(20,21)22)17(26)11-24-10-2-4-16(24)15-3-1-9-23-15/h1,3,5-9,16,23H,2,4,10-12H2. The van der Waals surface area contributed by atoms with E-state index in [0.717, 1.165) is 23.4 Å². The Labute approximate surface area is 154 Å². The zero-order valence-electron chi connectivity index (χ0n) is 14.0. The average molecular weight is 386 g/mol. The molecule has 0 radical (unpaired) electrons. The van der Waals surface area contributed by atoms with Crippen LogP contribution in [0.1, 0.15) is 24.6 Å². The van der Waals surface area contributed by atoms with E-state index in [-0.39, 0.29) is 18.3 Å². The Morgan fingerprint density at radius 2 is 2.00 bits per heavy atom. The van der Waals surface area contributed by atoms with Gasteiger partial charge in [0.2, 0.25) is 5.91 Å². The quantitative estimate of drug-likeness (QED) is 0.828. The maximum Gasteiger partial charge on any atom is 0.406 e. The zero-order valence-corrected chi connectivity index (χ0v) is 14.7. The predicted octanol–water partition coefficient (Wildman–Crippen LogP) is 4.40. The molecule has 26 heavy (non-hydrogen) atoms. The minimum atomic E-state index is -4.49. The number of hydrogen-bond donors (Lipinski definition) is 1. The first-order chi connectivity index (χ1) is 12.3. The van der Waals surface area contributed by atoms with Crippen LogP contribution in [0, 0.1) is 0 Å². The van der Waals surface area contributed by atoms with Crippen molar-refractivity contribution in [1.82, 2.24) is 9.88 Å². The number of anilines is 1. The van der Waals surface area contributed by atoms with Crippen molar-refractivity contribution < 1.29 is 18.0 Å². The van der Waals surface area contributed by atoms with Crippen molar-refractivity contribution in [3.05, 3.63) is 53.3 Å². The number of benzene rings is 1. The van der Waals surface area contributed by atoms with Crippen LogP contribution >= 0.6 is 11.6 Å². The molecule has 4 nitrogen and oxygen atoms in total. The van der Waals surface area contributed by atoms with Gasteiger partial charge in [-0.1, -0.05) is 11.6 Å².